The van der Waals surface area contributed by atoms with Crippen molar-refractivity contribution >= 4 is 11.3 Å². The normalized spacial score (nSPS) is 22.4. The Hall–Kier alpha value is -0.340. The molecule has 1 nitrogen and oxygen atoms in total. The van der Waals surface area contributed by atoms with Gasteiger partial charge in [-0.2, -0.15) is 11.3 Å². The Kier molecular flexibility index (Phi) is 2.80. The van der Waals surface area contributed by atoms with Crippen LogP contribution in [0.3, 0.4) is 0 Å². The maximum atomic E-state index is 3.63. The summed E-state index contributed by atoms with van der Waals surface area (Å²) in [5.41, 5.74) is 3.24. The molecule has 0 bridgehead atoms. The third-order valence-corrected chi connectivity index (χ3v) is 4.54. The van der Waals surface area contributed by atoms with Gasteiger partial charge in [0.15, 0.2) is 0 Å². The average Bonchev–Trinajstić information content (AvgIpc) is 2.79. The molecule has 0 aromatic carbocycles. The van der Waals surface area contributed by atoms with E-state index in [0.29, 0.717) is 0 Å². The fourth-order valence-corrected chi connectivity index (χ4v) is 3.56. The van der Waals surface area contributed by atoms with Gasteiger partial charge in [-0.15, -0.1) is 0 Å². The van der Waals surface area contributed by atoms with E-state index in [4.69, 9.17) is 0 Å². The Balaban J connectivity index is 1.67. The predicted molar refractivity (Wildman–Crippen MR) is 65.4 cm³/mol. The van der Waals surface area contributed by atoms with Crippen LogP contribution >= 0.6 is 11.3 Å². The van der Waals surface area contributed by atoms with E-state index in [1.54, 1.807) is 11.1 Å². The molecule has 0 radical (unpaired) electrons. The van der Waals surface area contributed by atoms with Gasteiger partial charge in [0.05, 0.1) is 0 Å². The van der Waals surface area contributed by atoms with Crippen LogP contribution in [0.5, 0.6) is 0 Å². The zero-order valence-electron chi connectivity index (χ0n) is 9.17. The van der Waals surface area contributed by atoms with E-state index >= 15 is 0 Å². The minimum absolute atomic E-state index is 0.835. The third kappa shape index (κ3) is 2.26. The lowest BCUT2D eigenvalue weighted by Gasteiger charge is -2.11. The van der Waals surface area contributed by atoms with E-state index in [2.05, 4.69) is 16.1 Å². The molecule has 2 aliphatic rings. The summed E-state index contributed by atoms with van der Waals surface area (Å²) in [6.45, 7) is 1.11. The first-order chi connectivity index (χ1) is 7.43. The minimum Gasteiger partial charge on any atom is -0.310 e. The van der Waals surface area contributed by atoms with Gasteiger partial charge in [0, 0.05) is 12.6 Å². The van der Waals surface area contributed by atoms with Gasteiger partial charge < -0.3 is 5.32 Å². The van der Waals surface area contributed by atoms with Gasteiger partial charge in [0.2, 0.25) is 0 Å². The van der Waals surface area contributed by atoms with Gasteiger partial charge in [0.25, 0.3) is 0 Å². The second-order valence-electron chi connectivity index (χ2n) is 4.99. The second-order valence-corrected chi connectivity index (χ2v) is 5.73. The van der Waals surface area contributed by atoms with Crippen LogP contribution in [0.1, 0.15) is 55.6 Å². The van der Waals surface area contributed by atoms with Crippen molar-refractivity contribution in [1.82, 2.24) is 5.32 Å². The highest BCUT2D eigenvalue weighted by Gasteiger charge is 2.23. The van der Waals surface area contributed by atoms with Crippen molar-refractivity contribution in [2.24, 2.45) is 0 Å². The summed E-state index contributed by atoms with van der Waals surface area (Å²) in [6, 6.07) is 0.835. The summed E-state index contributed by atoms with van der Waals surface area (Å²) in [7, 11) is 0. The number of nitrogens with one attached hydrogen (secondary N) is 1. The SMILES string of the molecule is c1scc(C2CCCC2)c1CNC1CC1. The van der Waals surface area contributed by atoms with Crippen molar-refractivity contribution in [2.45, 2.75) is 57.0 Å². The van der Waals surface area contributed by atoms with Crippen LogP contribution in [0.25, 0.3) is 0 Å². The molecule has 2 heteroatoms. The summed E-state index contributed by atoms with van der Waals surface area (Å²) in [4.78, 5) is 0. The van der Waals surface area contributed by atoms with E-state index < -0.39 is 0 Å². The van der Waals surface area contributed by atoms with Crippen molar-refractivity contribution in [3.63, 3.8) is 0 Å². The highest BCUT2D eigenvalue weighted by Crippen LogP contribution is 2.37. The molecule has 1 N–H and O–H groups in total. The summed E-state index contributed by atoms with van der Waals surface area (Å²) in [6.07, 6.45) is 8.51. The number of rotatable bonds is 4. The molecule has 1 aromatic rings. The van der Waals surface area contributed by atoms with Crippen LogP contribution in [0.4, 0.5) is 0 Å². The van der Waals surface area contributed by atoms with Gasteiger partial charge in [-0.05, 0) is 53.5 Å². The third-order valence-electron chi connectivity index (χ3n) is 3.73. The Morgan fingerprint density at radius 3 is 2.67 bits per heavy atom. The van der Waals surface area contributed by atoms with Gasteiger partial charge in [0.1, 0.15) is 0 Å². The lowest BCUT2D eigenvalue weighted by atomic mass is 9.97. The summed E-state index contributed by atoms with van der Waals surface area (Å²) in [5.74, 6) is 0.882. The largest absolute Gasteiger partial charge is 0.310 e. The topological polar surface area (TPSA) is 12.0 Å². The average molecular weight is 221 g/mol. The molecule has 0 saturated heterocycles. The van der Waals surface area contributed by atoms with Gasteiger partial charge in [-0.3, -0.25) is 0 Å². The van der Waals surface area contributed by atoms with Gasteiger partial charge in [-0.25, -0.2) is 0 Å². The van der Waals surface area contributed by atoms with Crippen LogP contribution in [-0.4, -0.2) is 6.04 Å². The molecule has 0 unspecified atom stereocenters. The molecule has 1 aromatic heterocycles. The molecule has 0 amide bonds. The van der Waals surface area contributed by atoms with Crippen LogP contribution < -0.4 is 5.32 Å². The standard InChI is InChI=1S/C13H19NS/c1-2-4-10(3-1)13-9-15-8-11(13)7-14-12-5-6-12/h8-10,12,14H,1-7H2. The molecular formula is C13H19NS. The first kappa shape index (κ1) is 9.86. The number of hydrogen-bond acceptors (Lipinski definition) is 2. The zero-order valence-corrected chi connectivity index (χ0v) is 9.98. The fraction of sp³-hybridized carbons (Fsp3) is 0.692. The Bertz CT molecular complexity index is 321. The van der Waals surface area contributed by atoms with E-state index in [1.807, 2.05) is 11.3 Å². The molecule has 2 saturated carbocycles. The van der Waals surface area contributed by atoms with Crippen LogP contribution in [-0.2, 0) is 6.54 Å². The Morgan fingerprint density at radius 2 is 1.93 bits per heavy atom. The molecule has 2 fully saturated rings. The first-order valence-corrected chi connectivity index (χ1v) is 7.16. The molecule has 3 rings (SSSR count). The molecule has 0 aliphatic heterocycles. The first-order valence-electron chi connectivity index (χ1n) is 6.22. The maximum absolute atomic E-state index is 3.63. The Labute approximate surface area is 95.9 Å². The number of hydrogen-bond donors (Lipinski definition) is 1. The monoisotopic (exact) mass is 221 g/mol. The summed E-state index contributed by atoms with van der Waals surface area (Å²) < 4.78 is 0. The summed E-state index contributed by atoms with van der Waals surface area (Å²) in [5, 5.41) is 8.37. The molecule has 82 valence electrons. The highest BCUT2D eigenvalue weighted by atomic mass is 32.1. The minimum atomic E-state index is 0.835. The lowest BCUT2D eigenvalue weighted by Crippen LogP contribution is -2.16. The van der Waals surface area contributed by atoms with Crippen molar-refractivity contribution in [2.75, 3.05) is 0 Å². The molecule has 15 heavy (non-hydrogen) atoms. The quantitative estimate of drug-likeness (QED) is 0.818. The van der Waals surface area contributed by atoms with E-state index in [1.165, 1.54) is 38.5 Å². The van der Waals surface area contributed by atoms with Crippen molar-refractivity contribution < 1.29 is 0 Å². The van der Waals surface area contributed by atoms with Crippen molar-refractivity contribution in [1.29, 1.82) is 0 Å². The smallest absolute Gasteiger partial charge is 0.0219 e. The van der Waals surface area contributed by atoms with E-state index in [9.17, 15) is 0 Å². The second kappa shape index (κ2) is 4.26. The molecule has 2 aliphatic carbocycles. The summed E-state index contributed by atoms with van der Waals surface area (Å²) >= 11 is 1.89. The van der Waals surface area contributed by atoms with E-state index in [-0.39, 0.29) is 0 Å². The lowest BCUT2D eigenvalue weighted by molar-refractivity contribution is 0.662. The van der Waals surface area contributed by atoms with Crippen molar-refractivity contribution in [3.8, 4) is 0 Å². The maximum Gasteiger partial charge on any atom is 0.0219 e. The van der Waals surface area contributed by atoms with Crippen LogP contribution in [0.15, 0.2) is 10.8 Å². The molecule has 0 spiro atoms. The zero-order chi connectivity index (χ0) is 10.1. The predicted octanol–water partition coefficient (Wildman–Crippen LogP) is 3.66. The molecule has 0 atom stereocenters. The van der Waals surface area contributed by atoms with Crippen LogP contribution in [0, 0.1) is 0 Å². The van der Waals surface area contributed by atoms with Gasteiger partial charge in [-0.1, -0.05) is 12.8 Å². The highest BCUT2D eigenvalue weighted by molar-refractivity contribution is 7.08. The Morgan fingerprint density at radius 1 is 1.13 bits per heavy atom. The number of thiophene rings is 1. The fourth-order valence-electron chi connectivity index (χ4n) is 2.61. The van der Waals surface area contributed by atoms with E-state index in [0.717, 1.165) is 18.5 Å². The van der Waals surface area contributed by atoms with Crippen LogP contribution in [0.2, 0.25) is 0 Å². The van der Waals surface area contributed by atoms with Gasteiger partial charge >= 0.3 is 0 Å². The molecular weight excluding hydrogens is 202 g/mol. The molecule has 1 heterocycles. The van der Waals surface area contributed by atoms with Crippen molar-refractivity contribution in [3.05, 3.63) is 21.9 Å².